The zero-order valence-corrected chi connectivity index (χ0v) is 14.4. The van der Waals surface area contributed by atoms with Crippen LogP contribution in [0.15, 0.2) is 0 Å². The van der Waals surface area contributed by atoms with E-state index in [1.165, 1.54) is 96.3 Å². The van der Waals surface area contributed by atoms with Crippen molar-refractivity contribution in [2.24, 2.45) is 0 Å². The second kappa shape index (κ2) is 19.0. The fourth-order valence-corrected chi connectivity index (χ4v) is 2.60. The van der Waals surface area contributed by atoms with Gasteiger partial charge in [-0.25, -0.2) is 0 Å². The monoisotopic (exact) mass is 284 g/mol. The Morgan fingerprint density at radius 2 is 0.700 bits per heavy atom. The van der Waals surface area contributed by atoms with Crippen LogP contribution in [0.2, 0.25) is 0 Å². The Labute approximate surface area is 128 Å². The van der Waals surface area contributed by atoms with Crippen molar-refractivity contribution < 1.29 is 4.74 Å². The molecule has 1 nitrogen and oxygen atoms in total. The third kappa shape index (κ3) is 18.0. The molecule has 0 aliphatic carbocycles. The number of unbranched alkanes of at least 4 members (excludes halogenated alkanes) is 13. The molecule has 0 bridgehead atoms. The standard InChI is InChI=1S/C19H40O/c1-3-5-7-8-9-10-11-12-13-14-15-17-19-20-18-16-6-4-2/h3-19H2,1-2H3. The first-order chi connectivity index (χ1) is 9.91. The summed E-state index contributed by atoms with van der Waals surface area (Å²) in [5.74, 6) is 0. The van der Waals surface area contributed by atoms with Gasteiger partial charge in [0.15, 0.2) is 0 Å². The van der Waals surface area contributed by atoms with E-state index in [1.807, 2.05) is 0 Å². The molecule has 0 spiro atoms. The van der Waals surface area contributed by atoms with Crippen molar-refractivity contribution in [2.75, 3.05) is 13.2 Å². The van der Waals surface area contributed by atoms with E-state index in [2.05, 4.69) is 13.8 Å². The number of hydrogen-bond acceptors (Lipinski definition) is 1. The molecular weight excluding hydrogens is 244 g/mol. The van der Waals surface area contributed by atoms with Crippen LogP contribution in [0, 0.1) is 0 Å². The zero-order chi connectivity index (χ0) is 14.7. The van der Waals surface area contributed by atoms with Crippen molar-refractivity contribution in [3.8, 4) is 0 Å². The van der Waals surface area contributed by atoms with Gasteiger partial charge in [-0.05, 0) is 12.8 Å². The van der Waals surface area contributed by atoms with Crippen LogP contribution in [0.5, 0.6) is 0 Å². The lowest BCUT2D eigenvalue weighted by atomic mass is 10.1. The molecule has 0 fully saturated rings. The third-order valence-corrected chi connectivity index (χ3v) is 4.03. The lowest BCUT2D eigenvalue weighted by Crippen LogP contribution is -1.96. The minimum absolute atomic E-state index is 0.978. The quantitative estimate of drug-likeness (QED) is 0.264. The molecule has 0 saturated carbocycles. The minimum atomic E-state index is 0.978. The van der Waals surface area contributed by atoms with Gasteiger partial charge >= 0.3 is 0 Å². The van der Waals surface area contributed by atoms with E-state index < -0.39 is 0 Å². The van der Waals surface area contributed by atoms with Crippen LogP contribution in [-0.4, -0.2) is 13.2 Å². The smallest absolute Gasteiger partial charge is 0.0466 e. The molecule has 0 aliphatic rings. The SMILES string of the molecule is CCCCCCCCCCCCCCOCCCCC. The van der Waals surface area contributed by atoms with Crippen molar-refractivity contribution >= 4 is 0 Å². The Kier molecular flexibility index (Phi) is 18.9. The fraction of sp³-hybridized carbons (Fsp3) is 1.00. The number of ether oxygens (including phenoxy) is 1. The number of hydrogen-bond donors (Lipinski definition) is 0. The predicted octanol–water partition coefficient (Wildman–Crippen LogP) is 6.89. The fourth-order valence-electron chi connectivity index (χ4n) is 2.60. The van der Waals surface area contributed by atoms with Crippen LogP contribution in [0.3, 0.4) is 0 Å². The number of rotatable bonds is 17. The third-order valence-electron chi connectivity index (χ3n) is 4.03. The molecule has 1 heteroatoms. The molecule has 0 unspecified atom stereocenters. The Morgan fingerprint density at radius 3 is 1.15 bits per heavy atom. The lowest BCUT2D eigenvalue weighted by molar-refractivity contribution is 0.126. The van der Waals surface area contributed by atoms with Gasteiger partial charge in [-0.15, -0.1) is 0 Å². The van der Waals surface area contributed by atoms with Gasteiger partial charge in [0.25, 0.3) is 0 Å². The highest BCUT2D eigenvalue weighted by Crippen LogP contribution is 2.11. The van der Waals surface area contributed by atoms with Crippen molar-refractivity contribution in [1.29, 1.82) is 0 Å². The van der Waals surface area contributed by atoms with Crippen LogP contribution < -0.4 is 0 Å². The molecule has 0 heterocycles. The molecule has 0 radical (unpaired) electrons. The Hall–Kier alpha value is -0.0400. The Morgan fingerprint density at radius 1 is 0.400 bits per heavy atom. The summed E-state index contributed by atoms with van der Waals surface area (Å²) in [5.41, 5.74) is 0. The maximum absolute atomic E-state index is 5.63. The van der Waals surface area contributed by atoms with Gasteiger partial charge in [-0.3, -0.25) is 0 Å². The topological polar surface area (TPSA) is 9.23 Å². The van der Waals surface area contributed by atoms with Gasteiger partial charge in [0.1, 0.15) is 0 Å². The summed E-state index contributed by atoms with van der Waals surface area (Å²) in [7, 11) is 0. The molecule has 0 aliphatic heterocycles. The van der Waals surface area contributed by atoms with Crippen LogP contribution in [-0.2, 0) is 4.74 Å². The van der Waals surface area contributed by atoms with Crippen molar-refractivity contribution in [2.45, 2.75) is 110 Å². The summed E-state index contributed by atoms with van der Waals surface area (Å²) >= 11 is 0. The summed E-state index contributed by atoms with van der Waals surface area (Å²) in [6, 6.07) is 0. The molecular formula is C19H40O. The van der Waals surface area contributed by atoms with Gasteiger partial charge in [-0.1, -0.05) is 97.3 Å². The van der Waals surface area contributed by atoms with Crippen molar-refractivity contribution in [3.05, 3.63) is 0 Å². The Bertz CT molecular complexity index is 138. The molecule has 0 N–H and O–H groups in total. The average molecular weight is 285 g/mol. The average Bonchev–Trinajstić information content (AvgIpc) is 2.47. The molecule has 0 atom stereocenters. The molecule has 20 heavy (non-hydrogen) atoms. The highest BCUT2D eigenvalue weighted by molar-refractivity contribution is 4.48. The molecule has 122 valence electrons. The van der Waals surface area contributed by atoms with E-state index in [4.69, 9.17) is 4.74 Å². The van der Waals surface area contributed by atoms with Crippen LogP contribution >= 0.6 is 0 Å². The Balaban J connectivity index is 2.89. The largest absolute Gasteiger partial charge is 0.381 e. The molecule has 0 aromatic carbocycles. The van der Waals surface area contributed by atoms with E-state index in [-0.39, 0.29) is 0 Å². The van der Waals surface area contributed by atoms with Crippen LogP contribution in [0.25, 0.3) is 0 Å². The lowest BCUT2D eigenvalue weighted by Gasteiger charge is -2.04. The van der Waals surface area contributed by atoms with Gasteiger partial charge in [0, 0.05) is 13.2 Å². The van der Waals surface area contributed by atoms with E-state index in [0.717, 1.165) is 13.2 Å². The van der Waals surface area contributed by atoms with Crippen LogP contribution in [0.1, 0.15) is 110 Å². The minimum Gasteiger partial charge on any atom is -0.381 e. The highest BCUT2D eigenvalue weighted by Gasteiger charge is 1.94. The summed E-state index contributed by atoms with van der Waals surface area (Å²) in [4.78, 5) is 0. The normalized spacial score (nSPS) is 11.1. The molecule has 0 rings (SSSR count). The summed E-state index contributed by atoms with van der Waals surface area (Å²) < 4.78 is 5.63. The van der Waals surface area contributed by atoms with E-state index >= 15 is 0 Å². The second-order valence-electron chi connectivity index (χ2n) is 6.21. The van der Waals surface area contributed by atoms with Gasteiger partial charge in [0.05, 0.1) is 0 Å². The highest BCUT2D eigenvalue weighted by atomic mass is 16.5. The van der Waals surface area contributed by atoms with E-state index in [1.54, 1.807) is 0 Å². The maximum atomic E-state index is 5.63. The first-order valence-corrected chi connectivity index (χ1v) is 9.49. The first kappa shape index (κ1) is 20.0. The van der Waals surface area contributed by atoms with Gasteiger partial charge in [0.2, 0.25) is 0 Å². The zero-order valence-electron chi connectivity index (χ0n) is 14.4. The molecule has 0 aromatic heterocycles. The van der Waals surface area contributed by atoms with Gasteiger partial charge < -0.3 is 4.74 Å². The van der Waals surface area contributed by atoms with Gasteiger partial charge in [-0.2, -0.15) is 0 Å². The van der Waals surface area contributed by atoms with Crippen molar-refractivity contribution in [1.82, 2.24) is 0 Å². The first-order valence-electron chi connectivity index (χ1n) is 9.49. The van der Waals surface area contributed by atoms with Crippen molar-refractivity contribution in [3.63, 3.8) is 0 Å². The summed E-state index contributed by atoms with van der Waals surface area (Å²) in [6.45, 7) is 6.49. The molecule has 0 saturated heterocycles. The molecule has 0 amide bonds. The summed E-state index contributed by atoms with van der Waals surface area (Å²) in [5, 5.41) is 0. The van der Waals surface area contributed by atoms with Crippen LogP contribution in [0.4, 0.5) is 0 Å². The maximum Gasteiger partial charge on any atom is 0.0466 e. The van der Waals surface area contributed by atoms with E-state index in [9.17, 15) is 0 Å². The summed E-state index contributed by atoms with van der Waals surface area (Å²) in [6.07, 6.45) is 20.9. The predicted molar refractivity (Wildman–Crippen MR) is 91.4 cm³/mol. The second-order valence-corrected chi connectivity index (χ2v) is 6.21. The van der Waals surface area contributed by atoms with E-state index in [0.29, 0.717) is 0 Å². The molecule has 0 aromatic rings.